The third-order valence-electron chi connectivity index (χ3n) is 0. The van der Waals surface area contributed by atoms with Crippen LogP contribution in [0.25, 0.3) is 0 Å². The van der Waals surface area contributed by atoms with Crippen LogP contribution in [0.5, 0.6) is 0 Å². The van der Waals surface area contributed by atoms with Crippen LogP contribution in [0.3, 0.4) is 0 Å². The first kappa shape index (κ1) is 208. The maximum Gasteiger partial charge on any atom is 3.00 e. The van der Waals surface area contributed by atoms with Crippen molar-refractivity contribution in [3.63, 3.8) is 0 Å². The van der Waals surface area contributed by atoms with Gasteiger partial charge in [0.05, 0.1) is 0 Å². The van der Waals surface area contributed by atoms with E-state index in [-0.39, 0.29) is 203 Å². The van der Waals surface area contributed by atoms with Gasteiger partial charge in [-0.2, -0.15) is 0 Å². The van der Waals surface area contributed by atoms with Crippen LogP contribution in [-0.2, 0) is 72.5 Å². The standard InChI is InChI=1S/2Cu.2Ga.7O.2Sr/q2*+2;2*+3;7*-2;2*+2. The van der Waals surface area contributed by atoms with Gasteiger partial charge >= 0.3 is 165 Å². The molecule has 0 aromatic rings. The van der Waals surface area contributed by atoms with E-state index in [0.717, 1.165) is 0 Å². The van der Waals surface area contributed by atoms with E-state index in [0.29, 0.717) is 0 Å². The van der Waals surface area contributed by atoms with Gasteiger partial charge in [0.15, 0.2) is 0 Å². The van der Waals surface area contributed by atoms with E-state index in [1.165, 1.54) is 0 Å². The Labute approximate surface area is 198 Å². The van der Waals surface area contributed by atoms with Gasteiger partial charge in [-0.1, -0.05) is 0 Å². The van der Waals surface area contributed by atoms with Crippen molar-refractivity contribution in [3.8, 4) is 0 Å². The van der Waals surface area contributed by atoms with Crippen LogP contribution >= 0.6 is 0 Å². The van der Waals surface area contributed by atoms with Crippen molar-refractivity contribution in [1.82, 2.24) is 0 Å². The van der Waals surface area contributed by atoms with Gasteiger partial charge in [-0.05, 0) is 0 Å². The maximum atomic E-state index is 0. The van der Waals surface area contributed by atoms with Gasteiger partial charge < -0.3 is 38.3 Å². The molecule has 0 bridgehead atoms. The molecule has 0 aromatic carbocycles. The fourth-order valence-electron chi connectivity index (χ4n) is 0. The number of hydrogen-bond acceptors (Lipinski definition) is 0. The quantitative estimate of drug-likeness (QED) is 0.289. The van der Waals surface area contributed by atoms with E-state index < -0.39 is 0 Å². The minimum Gasteiger partial charge on any atom is -2.00 e. The second-order valence-corrected chi connectivity index (χ2v) is 0. The second kappa shape index (κ2) is 174. The van der Waals surface area contributed by atoms with Crippen molar-refractivity contribution in [2.45, 2.75) is 0 Å². The molecular formula is Cu2Ga2O7Sr2. The summed E-state index contributed by atoms with van der Waals surface area (Å²) in [5, 5.41) is 0. The van der Waals surface area contributed by atoms with Gasteiger partial charge in [0, 0.05) is 0 Å². The molecule has 0 fully saturated rings. The fourth-order valence-corrected chi connectivity index (χ4v) is 0. The fraction of sp³-hybridized carbons (Fsp3) is 0. The summed E-state index contributed by atoms with van der Waals surface area (Å²) >= 11 is 0. The molecule has 7 nitrogen and oxygen atoms in total. The molecule has 0 spiro atoms. The Morgan fingerprint density at radius 3 is 0.308 bits per heavy atom. The summed E-state index contributed by atoms with van der Waals surface area (Å²) in [5.74, 6) is 0. The minimum atomic E-state index is 0. The van der Waals surface area contributed by atoms with Crippen molar-refractivity contribution < 1.29 is 72.5 Å². The largest absolute Gasteiger partial charge is 3.00 e. The SMILES string of the molecule is [Cu+2].[Cu+2].[Ga+3].[Ga+3].[O-2].[O-2].[O-2].[O-2].[O-2].[O-2].[O-2].[Sr+2].[Sr+2]. The summed E-state index contributed by atoms with van der Waals surface area (Å²) in [6, 6.07) is 0. The van der Waals surface area contributed by atoms with Crippen molar-refractivity contribution in [2.24, 2.45) is 0 Å². The molecule has 0 N–H and O–H groups in total. The Bertz CT molecular complexity index is 22.5. The molecule has 0 saturated heterocycles. The van der Waals surface area contributed by atoms with Crippen LogP contribution in [0.4, 0.5) is 0 Å². The Balaban J connectivity index is 0. The molecule has 13 heavy (non-hydrogen) atoms. The maximum absolute atomic E-state index is 0. The predicted octanol–water partition coefficient (Wildman–Crippen LogP) is -2.36. The van der Waals surface area contributed by atoms with Crippen LogP contribution in [0.2, 0.25) is 0 Å². The molecule has 0 aliphatic rings. The van der Waals surface area contributed by atoms with Gasteiger partial charge in [-0.3, -0.25) is 0 Å². The van der Waals surface area contributed by atoms with E-state index in [1.54, 1.807) is 0 Å². The van der Waals surface area contributed by atoms with Crippen LogP contribution in [0.15, 0.2) is 0 Å². The van der Waals surface area contributed by atoms with Gasteiger partial charge in [-0.25, -0.2) is 0 Å². The molecule has 0 atom stereocenters. The molecule has 0 heterocycles. The molecule has 0 rings (SSSR count). The molecule has 0 aromatic heterocycles. The topological polar surface area (TPSA) is 200 Å². The first-order valence-corrected chi connectivity index (χ1v) is 0. The Hall–Kier alpha value is 4.99. The summed E-state index contributed by atoms with van der Waals surface area (Å²) in [5.41, 5.74) is 0. The Kier molecular flexibility index (Phi) is 2800. The zero-order chi connectivity index (χ0) is 0. The molecule has 0 saturated carbocycles. The van der Waals surface area contributed by atoms with Gasteiger partial charge in [-0.15, -0.1) is 0 Å². The smallest absolute Gasteiger partial charge is 2.00 e. The molecular weight excluding hydrogens is 554 g/mol. The van der Waals surface area contributed by atoms with Gasteiger partial charge in [0.1, 0.15) is 0 Å². The minimum absolute atomic E-state index is 0. The summed E-state index contributed by atoms with van der Waals surface area (Å²) in [6.07, 6.45) is 0. The Morgan fingerprint density at radius 1 is 0.308 bits per heavy atom. The monoisotopic (exact) mass is 551 g/mol. The third-order valence-corrected chi connectivity index (χ3v) is 0. The van der Waals surface area contributed by atoms with Crippen molar-refractivity contribution in [2.75, 3.05) is 0 Å². The molecule has 2 radical (unpaired) electrons. The van der Waals surface area contributed by atoms with Crippen molar-refractivity contribution >= 4 is 131 Å². The number of hydrogen-bond donors (Lipinski definition) is 0. The second-order valence-electron chi connectivity index (χ2n) is 0. The normalized spacial score (nSPS) is 0. The predicted molar refractivity (Wildman–Crippen MR) is 27.8 cm³/mol. The van der Waals surface area contributed by atoms with E-state index in [9.17, 15) is 0 Å². The molecule has 13 heteroatoms. The summed E-state index contributed by atoms with van der Waals surface area (Å²) in [6.45, 7) is 0. The number of rotatable bonds is 0. The van der Waals surface area contributed by atoms with Crippen molar-refractivity contribution in [1.29, 1.82) is 0 Å². The summed E-state index contributed by atoms with van der Waals surface area (Å²) in [7, 11) is 0. The first-order valence-electron chi connectivity index (χ1n) is 0. The zero-order valence-corrected chi connectivity index (χ0v) is 19.7. The van der Waals surface area contributed by atoms with Crippen LogP contribution in [-0.4, -0.2) is 131 Å². The first-order chi connectivity index (χ1) is 0. The Morgan fingerprint density at radius 2 is 0.308 bits per heavy atom. The summed E-state index contributed by atoms with van der Waals surface area (Å²) in [4.78, 5) is 0. The average Bonchev–Trinajstić information content (AvgIpc) is 0. The summed E-state index contributed by atoms with van der Waals surface area (Å²) < 4.78 is 0. The van der Waals surface area contributed by atoms with Crippen LogP contribution in [0, 0.1) is 0 Å². The van der Waals surface area contributed by atoms with E-state index in [1.807, 2.05) is 0 Å². The van der Waals surface area contributed by atoms with Crippen molar-refractivity contribution in [3.05, 3.63) is 0 Å². The molecule has 0 aliphatic carbocycles. The molecule has 0 amide bonds. The zero-order valence-electron chi connectivity index (χ0n) is 6.03. The molecule has 74 valence electrons. The van der Waals surface area contributed by atoms with Gasteiger partial charge in [0.2, 0.25) is 0 Å². The van der Waals surface area contributed by atoms with Crippen LogP contribution in [0.1, 0.15) is 0 Å². The van der Waals surface area contributed by atoms with E-state index in [4.69, 9.17) is 0 Å². The molecule has 0 unspecified atom stereocenters. The third kappa shape index (κ3) is 153. The average molecular weight is 554 g/mol. The molecule has 0 aliphatic heterocycles. The van der Waals surface area contributed by atoms with E-state index >= 15 is 0 Å². The van der Waals surface area contributed by atoms with E-state index in [2.05, 4.69) is 0 Å². The van der Waals surface area contributed by atoms with Crippen LogP contribution < -0.4 is 0 Å². The van der Waals surface area contributed by atoms with Gasteiger partial charge in [0.25, 0.3) is 0 Å².